The number of aromatic hydroxyl groups is 1. The number of phenols is 1. The van der Waals surface area contributed by atoms with Gasteiger partial charge in [-0.3, -0.25) is 14.5 Å². The van der Waals surface area contributed by atoms with Gasteiger partial charge in [0.15, 0.2) is 0 Å². The van der Waals surface area contributed by atoms with Gasteiger partial charge < -0.3 is 14.6 Å². The fraction of sp³-hybridized carbons (Fsp3) is 0.409. The van der Waals surface area contributed by atoms with Gasteiger partial charge in [0.25, 0.3) is 11.8 Å². The molecule has 0 bridgehead atoms. The van der Waals surface area contributed by atoms with Gasteiger partial charge >= 0.3 is 5.97 Å². The largest absolute Gasteiger partial charge is 0.507 e. The molecular weight excluding hydrogens is 374 g/mol. The van der Waals surface area contributed by atoms with Crippen LogP contribution in [0.25, 0.3) is 6.08 Å². The van der Waals surface area contributed by atoms with Gasteiger partial charge in [0.1, 0.15) is 17.1 Å². The van der Waals surface area contributed by atoms with Crippen molar-refractivity contribution in [2.45, 2.75) is 32.1 Å². The number of benzene rings is 1. The van der Waals surface area contributed by atoms with E-state index in [0.29, 0.717) is 23.8 Å². The number of carbonyl (C=O) groups is 3. The number of esters is 1. The highest BCUT2D eigenvalue weighted by Crippen LogP contribution is 2.30. The van der Waals surface area contributed by atoms with Gasteiger partial charge in [0.2, 0.25) is 0 Å². The van der Waals surface area contributed by atoms with Gasteiger partial charge in [-0.25, -0.2) is 4.79 Å². The van der Waals surface area contributed by atoms with Crippen LogP contribution in [0.2, 0.25) is 0 Å². The van der Waals surface area contributed by atoms with Gasteiger partial charge in [-0.1, -0.05) is 31.4 Å². The molecule has 1 aliphatic heterocycles. The van der Waals surface area contributed by atoms with Crippen molar-refractivity contribution in [2.75, 3.05) is 20.3 Å². The molecular formula is C22H25NO6. The maximum absolute atomic E-state index is 12.7. The number of imide groups is 1. The summed E-state index contributed by atoms with van der Waals surface area (Å²) in [7, 11) is 1.45. The summed E-state index contributed by atoms with van der Waals surface area (Å²) in [6.07, 6.45) is 11.2. The zero-order valence-electron chi connectivity index (χ0n) is 16.4. The lowest BCUT2D eigenvalue weighted by Crippen LogP contribution is -2.29. The highest BCUT2D eigenvalue weighted by Gasteiger charge is 2.23. The zero-order chi connectivity index (χ0) is 20.8. The fourth-order valence-corrected chi connectivity index (χ4v) is 3.61. The number of rotatable bonds is 7. The van der Waals surface area contributed by atoms with Crippen LogP contribution in [0.1, 0.15) is 48.0 Å². The summed E-state index contributed by atoms with van der Waals surface area (Å²) >= 11 is 0. The average molecular weight is 399 g/mol. The Labute approximate surface area is 169 Å². The lowest BCUT2D eigenvalue weighted by atomic mass is 9.90. The zero-order valence-corrected chi connectivity index (χ0v) is 16.4. The van der Waals surface area contributed by atoms with Crippen molar-refractivity contribution in [1.29, 1.82) is 0 Å². The third-order valence-corrected chi connectivity index (χ3v) is 5.22. The molecule has 1 N–H and O–H groups in total. The van der Waals surface area contributed by atoms with Crippen molar-refractivity contribution in [3.8, 4) is 11.5 Å². The monoisotopic (exact) mass is 399 g/mol. The van der Waals surface area contributed by atoms with Gasteiger partial charge in [-0.2, -0.15) is 0 Å². The van der Waals surface area contributed by atoms with Crippen molar-refractivity contribution in [3.63, 3.8) is 0 Å². The van der Waals surface area contributed by atoms with Crippen molar-refractivity contribution in [2.24, 2.45) is 5.92 Å². The lowest BCUT2D eigenvalue weighted by molar-refractivity contribution is -0.136. The summed E-state index contributed by atoms with van der Waals surface area (Å²) in [5.74, 6) is -0.897. The Morgan fingerprint density at radius 2 is 1.86 bits per heavy atom. The first-order chi connectivity index (χ1) is 14.0. The molecule has 1 saturated carbocycles. The van der Waals surface area contributed by atoms with Crippen molar-refractivity contribution >= 4 is 23.9 Å². The smallest absolute Gasteiger partial charge is 0.342 e. The van der Waals surface area contributed by atoms with E-state index in [0.717, 1.165) is 30.6 Å². The molecule has 1 aliphatic carbocycles. The predicted molar refractivity (Wildman–Crippen MR) is 106 cm³/mol. The molecule has 7 heteroatoms. The standard InChI is InChI=1S/C22H25NO6/c1-28-17-12-16(8-5-11-23-19(25)9-10-20(23)26)21(18(24)13-17)22(27)29-14-15-6-3-2-4-7-15/h5,8-10,12-13,15,24H,2-4,6-7,11,14H2,1H3/b8-5+. The van der Waals surface area contributed by atoms with Gasteiger partial charge in [0.05, 0.1) is 13.7 Å². The molecule has 0 aromatic heterocycles. The number of nitrogens with zero attached hydrogens (tertiary/aromatic N) is 1. The number of amides is 2. The van der Waals surface area contributed by atoms with E-state index in [9.17, 15) is 19.5 Å². The van der Waals surface area contributed by atoms with Crippen LogP contribution in [0.5, 0.6) is 11.5 Å². The first kappa shape index (κ1) is 20.6. The quantitative estimate of drug-likeness (QED) is 0.559. The molecule has 0 saturated heterocycles. The molecule has 1 aromatic rings. The summed E-state index contributed by atoms with van der Waals surface area (Å²) in [6, 6.07) is 2.95. The summed E-state index contributed by atoms with van der Waals surface area (Å²) in [6.45, 7) is 0.384. The third kappa shape index (κ3) is 5.04. The van der Waals surface area contributed by atoms with E-state index in [-0.39, 0.29) is 29.7 Å². The van der Waals surface area contributed by atoms with Crippen LogP contribution in [0.3, 0.4) is 0 Å². The van der Waals surface area contributed by atoms with Gasteiger partial charge in [-0.15, -0.1) is 0 Å². The van der Waals surface area contributed by atoms with E-state index in [2.05, 4.69) is 0 Å². The maximum Gasteiger partial charge on any atom is 0.342 e. The third-order valence-electron chi connectivity index (χ3n) is 5.22. The Kier molecular flexibility index (Phi) is 6.69. The molecule has 1 fully saturated rings. The molecule has 2 aliphatic rings. The minimum Gasteiger partial charge on any atom is -0.507 e. The van der Waals surface area contributed by atoms with E-state index in [1.807, 2.05) is 0 Å². The van der Waals surface area contributed by atoms with Crippen LogP contribution < -0.4 is 4.74 Å². The molecule has 0 radical (unpaired) electrons. The Balaban J connectivity index is 1.74. The second-order valence-corrected chi connectivity index (χ2v) is 7.24. The summed E-state index contributed by atoms with van der Waals surface area (Å²) in [5.41, 5.74) is 0.428. The van der Waals surface area contributed by atoms with Crippen LogP contribution in [0.4, 0.5) is 0 Å². The SMILES string of the molecule is COc1cc(O)c(C(=O)OCC2CCCCC2)c(/C=C/CN2C(=O)C=CC2=O)c1. The van der Waals surface area contributed by atoms with Gasteiger partial charge in [-0.05, 0) is 30.4 Å². The molecule has 0 unspecified atom stereocenters. The minimum absolute atomic E-state index is 0.0371. The van der Waals surface area contributed by atoms with E-state index >= 15 is 0 Å². The number of phenolic OH excluding ortho intramolecular Hbond substituents is 1. The number of hydrogen-bond donors (Lipinski definition) is 1. The lowest BCUT2D eigenvalue weighted by Gasteiger charge is -2.21. The highest BCUT2D eigenvalue weighted by molar-refractivity contribution is 6.13. The van der Waals surface area contributed by atoms with E-state index in [1.165, 1.54) is 31.7 Å². The summed E-state index contributed by atoms with van der Waals surface area (Å²) < 4.78 is 10.6. The van der Waals surface area contributed by atoms with E-state index in [4.69, 9.17) is 9.47 Å². The summed E-state index contributed by atoms with van der Waals surface area (Å²) in [5, 5.41) is 10.4. The van der Waals surface area contributed by atoms with Crippen molar-refractivity contribution in [3.05, 3.63) is 41.5 Å². The van der Waals surface area contributed by atoms with Crippen LogP contribution in [-0.2, 0) is 14.3 Å². The second-order valence-electron chi connectivity index (χ2n) is 7.24. The van der Waals surface area contributed by atoms with Crippen LogP contribution in [0, 0.1) is 5.92 Å². The maximum atomic E-state index is 12.7. The van der Waals surface area contributed by atoms with E-state index < -0.39 is 5.97 Å². The molecule has 29 heavy (non-hydrogen) atoms. The van der Waals surface area contributed by atoms with Crippen LogP contribution in [-0.4, -0.2) is 48.1 Å². The topological polar surface area (TPSA) is 93.1 Å². The fourth-order valence-electron chi connectivity index (χ4n) is 3.61. The van der Waals surface area contributed by atoms with Gasteiger partial charge in [0, 0.05) is 24.8 Å². The van der Waals surface area contributed by atoms with Crippen LogP contribution in [0.15, 0.2) is 30.4 Å². The van der Waals surface area contributed by atoms with Crippen molar-refractivity contribution in [1.82, 2.24) is 4.90 Å². The van der Waals surface area contributed by atoms with Crippen molar-refractivity contribution < 1.29 is 29.0 Å². The predicted octanol–water partition coefficient (Wildman–Crippen LogP) is 3.08. The molecule has 0 atom stereocenters. The second kappa shape index (κ2) is 9.41. The molecule has 7 nitrogen and oxygen atoms in total. The number of ether oxygens (including phenoxy) is 2. The molecule has 2 amide bonds. The minimum atomic E-state index is -0.606. The normalized spacial score (nSPS) is 17.3. The Morgan fingerprint density at radius 1 is 1.17 bits per heavy atom. The Hall–Kier alpha value is -3.09. The average Bonchev–Trinajstić information content (AvgIpc) is 3.04. The number of hydrogen-bond acceptors (Lipinski definition) is 6. The molecule has 3 rings (SSSR count). The molecule has 0 spiro atoms. The molecule has 154 valence electrons. The first-order valence-corrected chi connectivity index (χ1v) is 9.77. The van der Waals surface area contributed by atoms with Crippen LogP contribution >= 0.6 is 0 Å². The molecule has 1 aromatic carbocycles. The Bertz CT molecular complexity index is 833. The van der Waals surface area contributed by atoms with E-state index in [1.54, 1.807) is 18.2 Å². The molecule has 1 heterocycles. The number of carbonyl (C=O) groups excluding carboxylic acids is 3. The summed E-state index contributed by atoms with van der Waals surface area (Å²) in [4.78, 5) is 37.0. The number of methoxy groups -OCH3 is 1. The highest BCUT2D eigenvalue weighted by atomic mass is 16.5. The Morgan fingerprint density at radius 3 is 2.52 bits per heavy atom. The first-order valence-electron chi connectivity index (χ1n) is 9.77.